The van der Waals surface area contributed by atoms with Gasteiger partial charge in [-0.05, 0) is 41.0 Å². The first-order chi connectivity index (χ1) is 6.76. The molecule has 0 aromatic heterocycles. The molecule has 1 atom stereocenters. The Morgan fingerprint density at radius 1 is 1.40 bits per heavy atom. The highest BCUT2D eigenvalue weighted by atomic mass is 16.3. The lowest BCUT2D eigenvalue weighted by Crippen LogP contribution is -2.65. The number of aliphatic hydroxyl groups excluding tert-OH is 1. The molecule has 1 fully saturated rings. The largest absolute Gasteiger partial charge is 0.396 e. The lowest BCUT2D eigenvalue weighted by atomic mass is 9.92. The van der Waals surface area contributed by atoms with Gasteiger partial charge in [-0.2, -0.15) is 0 Å². The summed E-state index contributed by atoms with van der Waals surface area (Å²) in [6.45, 7) is 13.5. The van der Waals surface area contributed by atoms with Gasteiger partial charge in [0.1, 0.15) is 0 Å². The summed E-state index contributed by atoms with van der Waals surface area (Å²) in [7, 11) is 0. The van der Waals surface area contributed by atoms with E-state index in [9.17, 15) is 0 Å². The molecule has 0 aromatic carbocycles. The maximum Gasteiger partial charge on any atom is 0.0446 e. The summed E-state index contributed by atoms with van der Waals surface area (Å²) in [6, 6.07) is 0.461. The standard InChI is InChI=1S/C12H26N2O/c1-11(2,3)14-9-12(4,5)13-8-10(14)6-7-15/h10,13,15H,6-9H2,1-5H3. The van der Waals surface area contributed by atoms with Crippen LogP contribution in [-0.2, 0) is 0 Å². The van der Waals surface area contributed by atoms with E-state index in [4.69, 9.17) is 5.11 Å². The minimum absolute atomic E-state index is 0.180. The second-order valence-electron chi connectivity index (χ2n) is 6.23. The zero-order chi connectivity index (χ0) is 11.7. The zero-order valence-corrected chi connectivity index (χ0v) is 10.8. The second-order valence-corrected chi connectivity index (χ2v) is 6.23. The number of aliphatic hydroxyl groups is 1. The Labute approximate surface area is 93.9 Å². The van der Waals surface area contributed by atoms with Crippen molar-refractivity contribution in [2.75, 3.05) is 19.7 Å². The number of nitrogens with one attached hydrogen (secondary N) is 1. The zero-order valence-electron chi connectivity index (χ0n) is 10.8. The van der Waals surface area contributed by atoms with Crippen molar-refractivity contribution in [1.29, 1.82) is 0 Å². The lowest BCUT2D eigenvalue weighted by Gasteiger charge is -2.50. The number of piperazine rings is 1. The molecule has 0 bridgehead atoms. The normalized spacial score (nSPS) is 28.0. The van der Waals surface area contributed by atoms with E-state index in [2.05, 4.69) is 44.8 Å². The maximum absolute atomic E-state index is 9.08. The van der Waals surface area contributed by atoms with Crippen LogP contribution in [0.5, 0.6) is 0 Å². The van der Waals surface area contributed by atoms with Crippen LogP contribution < -0.4 is 5.32 Å². The third kappa shape index (κ3) is 3.44. The summed E-state index contributed by atoms with van der Waals surface area (Å²) in [4.78, 5) is 2.51. The minimum Gasteiger partial charge on any atom is -0.396 e. The van der Waals surface area contributed by atoms with Gasteiger partial charge in [0.25, 0.3) is 0 Å². The molecular weight excluding hydrogens is 188 g/mol. The van der Waals surface area contributed by atoms with Crippen LogP contribution in [0.3, 0.4) is 0 Å². The predicted octanol–water partition coefficient (Wildman–Crippen LogP) is 1.22. The molecular formula is C12H26N2O. The molecule has 0 aliphatic carbocycles. The van der Waals surface area contributed by atoms with Crippen molar-refractivity contribution in [1.82, 2.24) is 10.2 Å². The van der Waals surface area contributed by atoms with Crippen LogP contribution in [0.4, 0.5) is 0 Å². The Hall–Kier alpha value is -0.120. The molecule has 2 N–H and O–H groups in total. The van der Waals surface area contributed by atoms with Crippen LogP contribution in [0.15, 0.2) is 0 Å². The molecule has 1 aliphatic heterocycles. The van der Waals surface area contributed by atoms with E-state index in [1.807, 2.05) is 0 Å². The predicted molar refractivity (Wildman–Crippen MR) is 64.0 cm³/mol. The molecule has 0 aromatic rings. The fourth-order valence-corrected chi connectivity index (χ4v) is 2.31. The summed E-state index contributed by atoms with van der Waals surface area (Å²) >= 11 is 0. The summed E-state index contributed by atoms with van der Waals surface area (Å²) in [5, 5.41) is 12.6. The molecule has 1 heterocycles. The van der Waals surface area contributed by atoms with E-state index in [0.29, 0.717) is 6.04 Å². The second kappa shape index (κ2) is 4.40. The average molecular weight is 214 g/mol. The first-order valence-electron chi connectivity index (χ1n) is 5.89. The van der Waals surface area contributed by atoms with Crippen molar-refractivity contribution >= 4 is 0 Å². The van der Waals surface area contributed by atoms with Crippen molar-refractivity contribution in [2.24, 2.45) is 0 Å². The fraction of sp³-hybridized carbons (Fsp3) is 1.00. The molecule has 1 rings (SSSR count). The SMILES string of the molecule is CC1(C)CN(C(C)(C)C)C(CCO)CN1. The van der Waals surface area contributed by atoms with E-state index in [0.717, 1.165) is 19.5 Å². The molecule has 90 valence electrons. The van der Waals surface area contributed by atoms with Gasteiger partial charge in [0.2, 0.25) is 0 Å². The third-order valence-electron chi connectivity index (χ3n) is 3.15. The number of hydrogen-bond acceptors (Lipinski definition) is 3. The van der Waals surface area contributed by atoms with Crippen LogP contribution in [0, 0.1) is 0 Å². The quantitative estimate of drug-likeness (QED) is 0.725. The molecule has 0 radical (unpaired) electrons. The number of rotatable bonds is 2. The van der Waals surface area contributed by atoms with Crippen molar-refractivity contribution < 1.29 is 5.11 Å². The smallest absolute Gasteiger partial charge is 0.0446 e. The van der Waals surface area contributed by atoms with Gasteiger partial charge in [-0.15, -0.1) is 0 Å². The van der Waals surface area contributed by atoms with E-state index in [-0.39, 0.29) is 17.7 Å². The van der Waals surface area contributed by atoms with Crippen LogP contribution in [0.2, 0.25) is 0 Å². The van der Waals surface area contributed by atoms with Crippen LogP contribution in [0.1, 0.15) is 41.0 Å². The summed E-state index contributed by atoms with van der Waals surface area (Å²) in [5.41, 5.74) is 0.360. The molecule has 1 saturated heterocycles. The Morgan fingerprint density at radius 2 is 2.00 bits per heavy atom. The van der Waals surface area contributed by atoms with Gasteiger partial charge in [-0.25, -0.2) is 0 Å². The summed E-state index contributed by atoms with van der Waals surface area (Å²) < 4.78 is 0. The lowest BCUT2D eigenvalue weighted by molar-refractivity contribution is 0.00893. The van der Waals surface area contributed by atoms with Gasteiger partial charge in [0, 0.05) is 36.8 Å². The van der Waals surface area contributed by atoms with Crippen molar-refractivity contribution in [3.05, 3.63) is 0 Å². The highest BCUT2D eigenvalue weighted by molar-refractivity contribution is 4.96. The maximum atomic E-state index is 9.08. The molecule has 3 heteroatoms. The monoisotopic (exact) mass is 214 g/mol. The van der Waals surface area contributed by atoms with E-state index >= 15 is 0 Å². The highest BCUT2D eigenvalue weighted by Gasteiger charge is 2.37. The van der Waals surface area contributed by atoms with Gasteiger partial charge in [-0.3, -0.25) is 4.90 Å². The Kier molecular flexibility index (Phi) is 3.80. The van der Waals surface area contributed by atoms with Gasteiger partial charge in [0.05, 0.1) is 0 Å². The Morgan fingerprint density at radius 3 is 2.47 bits per heavy atom. The van der Waals surface area contributed by atoms with Crippen LogP contribution in [0.25, 0.3) is 0 Å². The van der Waals surface area contributed by atoms with Crippen LogP contribution >= 0.6 is 0 Å². The molecule has 1 unspecified atom stereocenters. The number of nitrogens with zero attached hydrogens (tertiary/aromatic N) is 1. The van der Waals surface area contributed by atoms with E-state index in [1.165, 1.54) is 0 Å². The third-order valence-corrected chi connectivity index (χ3v) is 3.15. The van der Waals surface area contributed by atoms with Gasteiger partial charge in [-0.1, -0.05) is 0 Å². The van der Waals surface area contributed by atoms with E-state index in [1.54, 1.807) is 0 Å². The minimum atomic E-state index is 0.180. The van der Waals surface area contributed by atoms with Crippen molar-refractivity contribution in [3.63, 3.8) is 0 Å². The molecule has 1 aliphatic rings. The topological polar surface area (TPSA) is 35.5 Å². The fourth-order valence-electron chi connectivity index (χ4n) is 2.31. The van der Waals surface area contributed by atoms with Crippen molar-refractivity contribution in [3.8, 4) is 0 Å². The summed E-state index contributed by atoms with van der Waals surface area (Å²) in [6.07, 6.45) is 0.861. The summed E-state index contributed by atoms with van der Waals surface area (Å²) in [5.74, 6) is 0. The Balaban J connectivity index is 2.74. The van der Waals surface area contributed by atoms with Gasteiger partial charge in [0.15, 0.2) is 0 Å². The Bertz CT molecular complexity index is 208. The molecule has 3 nitrogen and oxygen atoms in total. The van der Waals surface area contributed by atoms with Crippen LogP contribution in [-0.4, -0.2) is 46.8 Å². The average Bonchev–Trinajstić information content (AvgIpc) is 2.06. The molecule has 0 saturated carbocycles. The highest BCUT2D eigenvalue weighted by Crippen LogP contribution is 2.25. The molecule has 0 amide bonds. The van der Waals surface area contributed by atoms with Gasteiger partial charge < -0.3 is 10.4 Å². The molecule has 0 spiro atoms. The van der Waals surface area contributed by atoms with E-state index < -0.39 is 0 Å². The van der Waals surface area contributed by atoms with Crippen molar-refractivity contribution in [2.45, 2.75) is 58.2 Å². The van der Waals surface area contributed by atoms with Gasteiger partial charge >= 0.3 is 0 Å². The molecule has 15 heavy (non-hydrogen) atoms. The first-order valence-corrected chi connectivity index (χ1v) is 5.89. The first kappa shape index (κ1) is 12.9. The number of hydrogen-bond donors (Lipinski definition) is 2.